The summed E-state index contributed by atoms with van der Waals surface area (Å²) in [6.45, 7) is 1.75. The lowest BCUT2D eigenvalue weighted by Gasteiger charge is -2.22. The van der Waals surface area contributed by atoms with Crippen LogP contribution in [-0.4, -0.2) is 31.1 Å². The Hall–Kier alpha value is -1.65. The van der Waals surface area contributed by atoms with Crippen LogP contribution in [0.1, 0.15) is 15.9 Å². The molecule has 0 fully saturated rings. The van der Waals surface area contributed by atoms with E-state index in [0.717, 1.165) is 11.1 Å². The Kier molecular flexibility index (Phi) is 5.12. The largest absolute Gasteiger partial charge is 0.383 e. The van der Waals surface area contributed by atoms with E-state index in [-0.39, 0.29) is 5.91 Å². The number of benzene rings is 1. The number of hydrogen-bond donors (Lipinski definition) is 0. The van der Waals surface area contributed by atoms with Crippen LogP contribution in [-0.2, 0) is 11.3 Å². The van der Waals surface area contributed by atoms with E-state index in [1.165, 1.54) is 11.3 Å². The highest BCUT2D eigenvalue weighted by molar-refractivity contribution is 7.08. The number of methoxy groups -OCH3 is 1. The highest BCUT2D eigenvalue weighted by Gasteiger charge is 2.16. The normalized spacial score (nSPS) is 10.4. The molecule has 1 aromatic heterocycles. The van der Waals surface area contributed by atoms with Crippen LogP contribution >= 0.6 is 11.3 Å². The summed E-state index contributed by atoms with van der Waals surface area (Å²) in [6, 6.07) is 11.9. The first-order valence-electron chi connectivity index (χ1n) is 6.15. The Bertz CT molecular complexity index is 496. The molecule has 0 aliphatic rings. The van der Waals surface area contributed by atoms with Crippen LogP contribution in [0.3, 0.4) is 0 Å². The van der Waals surface area contributed by atoms with Gasteiger partial charge in [-0.15, -0.1) is 0 Å². The van der Waals surface area contributed by atoms with Crippen LogP contribution in [0.2, 0.25) is 0 Å². The quantitative estimate of drug-likeness (QED) is 0.811. The fourth-order valence-electron chi connectivity index (χ4n) is 1.83. The van der Waals surface area contributed by atoms with Crippen molar-refractivity contribution >= 4 is 17.2 Å². The summed E-state index contributed by atoms with van der Waals surface area (Å²) < 4.78 is 5.09. The van der Waals surface area contributed by atoms with Gasteiger partial charge in [0, 0.05) is 25.6 Å². The van der Waals surface area contributed by atoms with Crippen LogP contribution in [0.4, 0.5) is 0 Å². The predicted molar refractivity (Wildman–Crippen MR) is 77.4 cm³/mol. The van der Waals surface area contributed by atoms with E-state index in [9.17, 15) is 4.79 Å². The molecule has 0 aliphatic carbocycles. The summed E-state index contributed by atoms with van der Waals surface area (Å²) >= 11 is 1.54. The van der Waals surface area contributed by atoms with Crippen molar-refractivity contribution in [1.82, 2.24) is 4.90 Å². The van der Waals surface area contributed by atoms with Crippen molar-refractivity contribution in [2.45, 2.75) is 6.54 Å². The summed E-state index contributed by atoms with van der Waals surface area (Å²) in [6.07, 6.45) is 0. The third-order valence-electron chi connectivity index (χ3n) is 2.84. The number of hydrogen-bond acceptors (Lipinski definition) is 3. The van der Waals surface area contributed by atoms with Crippen molar-refractivity contribution in [3.63, 3.8) is 0 Å². The van der Waals surface area contributed by atoms with E-state index >= 15 is 0 Å². The van der Waals surface area contributed by atoms with Gasteiger partial charge in [-0.05, 0) is 17.0 Å². The summed E-state index contributed by atoms with van der Waals surface area (Å²) in [7, 11) is 1.65. The molecule has 0 aliphatic heterocycles. The average molecular weight is 275 g/mol. The number of rotatable bonds is 6. The number of carbonyl (C=O) groups excluding carboxylic acids is 1. The molecule has 19 heavy (non-hydrogen) atoms. The molecule has 0 radical (unpaired) electrons. The van der Waals surface area contributed by atoms with E-state index < -0.39 is 0 Å². The van der Waals surface area contributed by atoms with Gasteiger partial charge in [-0.2, -0.15) is 11.3 Å². The molecular formula is C15H17NO2S. The van der Waals surface area contributed by atoms with Crippen LogP contribution in [0.25, 0.3) is 0 Å². The lowest BCUT2D eigenvalue weighted by Crippen LogP contribution is -2.33. The van der Waals surface area contributed by atoms with Crippen LogP contribution < -0.4 is 0 Å². The fraction of sp³-hybridized carbons (Fsp3) is 0.267. The first kappa shape index (κ1) is 13.8. The maximum absolute atomic E-state index is 12.4. The number of ether oxygens (including phenoxy) is 1. The molecule has 3 nitrogen and oxygen atoms in total. The lowest BCUT2D eigenvalue weighted by atomic mass is 10.2. The van der Waals surface area contributed by atoms with Crippen molar-refractivity contribution in [2.75, 3.05) is 20.3 Å². The predicted octanol–water partition coefficient (Wildman–Crippen LogP) is 3.04. The zero-order valence-corrected chi connectivity index (χ0v) is 11.7. The molecule has 1 amide bonds. The van der Waals surface area contributed by atoms with Crippen LogP contribution in [0.5, 0.6) is 0 Å². The highest BCUT2D eigenvalue weighted by Crippen LogP contribution is 2.12. The summed E-state index contributed by atoms with van der Waals surface area (Å²) in [4.78, 5) is 14.2. The molecule has 100 valence electrons. The van der Waals surface area contributed by atoms with Gasteiger partial charge < -0.3 is 9.64 Å². The van der Waals surface area contributed by atoms with E-state index in [1.807, 2.05) is 52.1 Å². The number of carbonyl (C=O) groups is 1. The second kappa shape index (κ2) is 7.07. The SMILES string of the molecule is COCCN(Cc1ccccc1)C(=O)c1ccsc1. The standard InChI is InChI=1S/C15H17NO2S/c1-18-9-8-16(11-13-5-3-2-4-6-13)15(17)14-7-10-19-12-14/h2-7,10,12H,8-9,11H2,1H3. The Morgan fingerprint density at radius 1 is 1.26 bits per heavy atom. The number of thiophene rings is 1. The average Bonchev–Trinajstić information content (AvgIpc) is 2.98. The third-order valence-corrected chi connectivity index (χ3v) is 3.52. The smallest absolute Gasteiger partial charge is 0.255 e. The van der Waals surface area contributed by atoms with Gasteiger partial charge in [0.2, 0.25) is 0 Å². The minimum absolute atomic E-state index is 0.0575. The highest BCUT2D eigenvalue weighted by atomic mass is 32.1. The first-order valence-corrected chi connectivity index (χ1v) is 7.10. The number of amides is 1. The summed E-state index contributed by atoms with van der Waals surface area (Å²) in [5.74, 6) is 0.0575. The van der Waals surface area contributed by atoms with E-state index in [1.54, 1.807) is 7.11 Å². The molecule has 0 spiro atoms. The molecule has 0 bridgehead atoms. The van der Waals surface area contributed by atoms with E-state index in [0.29, 0.717) is 19.7 Å². The maximum Gasteiger partial charge on any atom is 0.255 e. The molecule has 0 N–H and O–H groups in total. The van der Waals surface area contributed by atoms with Crippen molar-refractivity contribution in [3.8, 4) is 0 Å². The van der Waals surface area contributed by atoms with Gasteiger partial charge in [0.05, 0.1) is 12.2 Å². The molecule has 2 aromatic rings. The van der Waals surface area contributed by atoms with Crippen LogP contribution in [0.15, 0.2) is 47.2 Å². The lowest BCUT2D eigenvalue weighted by molar-refractivity contribution is 0.0681. The van der Waals surface area contributed by atoms with Gasteiger partial charge in [-0.25, -0.2) is 0 Å². The summed E-state index contributed by atoms with van der Waals surface area (Å²) in [5.41, 5.74) is 1.87. The zero-order chi connectivity index (χ0) is 13.5. The Morgan fingerprint density at radius 2 is 2.05 bits per heavy atom. The maximum atomic E-state index is 12.4. The Balaban J connectivity index is 2.09. The first-order chi connectivity index (χ1) is 9.31. The molecule has 0 saturated heterocycles. The van der Waals surface area contributed by atoms with Gasteiger partial charge in [-0.3, -0.25) is 4.79 Å². The molecule has 0 atom stereocenters. The minimum Gasteiger partial charge on any atom is -0.383 e. The van der Waals surface area contributed by atoms with Gasteiger partial charge in [0.15, 0.2) is 0 Å². The molecule has 0 unspecified atom stereocenters. The number of nitrogens with zero attached hydrogens (tertiary/aromatic N) is 1. The fourth-order valence-corrected chi connectivity index (χ4v) is 2.46. The Morgan fingerprint density at radius 3 is 2.68 bits per heavy atom. The molecule has 1 aromatic carbocycles. The van der Waals surface area contributed by atoms with Crippen molar-refractivity contribution in [1.29, 1.82) is 0 Å². The molecule has 0 saturated carbocycles. The van der Waals surface area contributed by atoms with Gasteiger partial charge in [0.1, 0.15) is 0 Å². The third kappa shape index (κ3) is 3.91. The monoisotopic (exact) mass is 275 g/mol. The molecule has 1 heterocycles. The molecule has 4 heteroatoms. The van der Waals surface area contributed by atoms with Crippen molar-refractivity contribution in [2.24, 2.45) is 0 Å². The van der Waals surface area contributed by atoms with Crippen molar-refractivity contribution in [3.05, 3.63) is 58.3 Å². The molecule has 2 rings (SSSR count). The van der Waals surface area contributed by atoms with Gasteiger partial charge in [0.25, 0.3) is 5.91 Å². The second-order valence-corrected chi connectivity index (χ2v) is 5.00. The second-order valence-electron chi connectivity index (χ2n) is 4.22. The van der Waals surface area contributed by atoms with Crippen LogP contribution in [0, 0.1) is 0 Å². The summed E-state index contributed by atoms with van der Waals surface area (Å²) in [5, 5.41) is 3.80. The topological polar surface area (TPSA) is 29.5 Å². The van der Waals surface area contributed by atoms with Gasteiger partial charge in [-0.1, -0.05) is 30.3 Å². The van der Waals surface area contributed by atoms with Gasteiger partial charge >= 0.3 is 0 Å². The minimum atomic E-state index is 0.0575. The molecular weight excluding hydrogens is 258 g/mol. The van der Waals surface area contributed by atoms with E-state index in [4.69, 9.17) is 4.74 Å². The Labute approximate surface area is 117 Å². The zero-order valence-electron chi connectivity index (χ0n) is 10.9. The van der Waals surface area contributed by atoms with Crippen molar-refractivity contribution < 1.29 is 9.53 Å². The van der Waals surface area contributed by atoms with E-state index in [2.05, 4.69) is 0 Å².